The summed E-state index contributed by atoms with van der Waals surface area (Å²) >= 11 is 11.6. The van der Waals surface area contributed by atoms with Gasteiger partial charge in [0.15, 0.2) is 0 Å². The van der Waals surface area contributed by atoms with Crippen LogP contribution >= 0.6 is 23.2 Å². The van der Waals surface area contributed by atoms with Crippen molar-refractivity contribution in [1.82, 2.24) is 15.8 Å². The third kappa shape index (κ3) is 5.67. The summed E-state index contributed by atoms with van der Waals surface area (Å²) in [5, 5.41) is 0.0898. The highest BCUT2D eigenvalue weighted by Crippen LogP contribution is 2.20. The predicted octanol–water partition coefficient (Wildman–Crippen LogP) is 3.27. The standard InChI is InChI=1S/C20H16Cl2N4O5S/c1-31-14-7-5-13(6-8-14)26-32(29,30)15-4-2-3-12(11-15)19(27)24-25-20(28)18-16(21)9-10-17(22)23-18/h2-11,26H,1H3,(H,24,27)(H,25,28). The number of hydrogen-bond donors (Lipinski definition) is 3. The van der Waals surface area contributed by atoms with E-state index < -0.39 is 21.8 Å². The topological polar surface area (TPSA) is 126 Å². The Morgan fingerprint density at radius 2 is 1.62 bits per heavy atom. The van der Waals surface area contributed by atoms with E-state index in [4.69, 9.17) is 27.9 Å². The van der Waals surface area contributed by atoms with Gasteiger partial charge in [0, 0.05) is 11.3 Å². The minimum absolute atomic E-state index is 0.00643. The van der Waals surface area contributed by atoms with Gasteiger partial charge in [-0.2, -0.15) is 0 Å². The molecule has 32 heavy (non-hydrogen) atoms. The maximum atomic E-state index is 12.7. The molecule has 0 saturated heterocycles. The van der Waals surface area contributed by atoms with Crippen LogP contribution in [0.25, 0.3) is 0 Å². The molecule has 0 bridgehead atoms. The van der Waals surface area contributed by atoms with Crippen LogP contribution in [0.3, 0.4) is 0 Å². The number of carbonyl (C=O) groups excluding carboxylic acids is 2. The van der Waals surface area contributed by atoms with Gasteiger partial charge in [0.1, 0.15) is 16.6 Å². The largest absolute Gasteiger partial charge is 0.497 e. The first kappa shape index (κ1) is 23.3. The number of halogens is 2. The van der Waals surface area contributed by atoms with Gasteiger partial charge in [0.25, 0.3) is 21.8 Å². The van der Waals surface area contributed by atoms with Gasteiger partial charge < -0.3 is 4.74 Å². The summed E-state index contributed by atoms with van der Waals surface area (Å²) in [5.74, 6) is -0.975. The normalized spacial score (nSPS) is 10.8. The summed E-state index contributed by atoms with van der Waals surface area (Å²) < 4.78 is 32.8. The maximum Gasteiger partial charge on any atom is 0.289 e. The van der Waals surface area contributed by atoms with Crippen molar-refractivity contribution in [1.29, 1.82) is 0 Å². The fourth-order valence-corrected chi connectivity index (χ4v) is 3.94. The number of anilines is 1. The number of nitrogens with zero attached hydrogens (tertiary/aromatic N) is 1. The SMILES string of the molecule is COc1ccc(NS(=O)(=O)c2cccc(C(=O)NNC(=O)c3nc(Cl)ccc3Cl)c2)cc1. The van der Waals surface area contributed by atoms with Crippen molar-refractivity contribution in [3.8, 4) is 5.75 Å². The Hall–Kier alpha value is -3.34. The molecule has 9 nitrogen and oxygen atoms in total. The lowest BCUT2D eigenvalue weighted by atomic mass is 10.2. The van der Waals surface area contributed by atoms with Gasteiger partial charge in [0.05, 0.1) is 17.0 Å². The first-order valence-electron chi connectivity index (χ1n) is 8.89. The van der Waals surface area contributed by atoms with E-state index in [2.05, 4.69) is 20.6 Å². The second kappa shape index (κ2) is 9.86. The van der Waals surface area contributed by atoms with Crippen LogP contribution in [0.15, 0.2) is 65.6 Å². The Kier molecular flexibility index (Phi) is 7.18. The molecule has 166 valence electrons. The van der Waals surface area contributed by atoms with E-state index in [0.29, 0.717) is 11.4 Å². The van der Waals surface area contributed by atoms with Crippen LogP contribution in [-0.2, 0) is 10.0 Å². The molecule has 3 aromatic rings. The molecule has 0 fully saturated rings. The van der Waals surface area contributed by atoms with E-state index in [1.165, 1.54) is 49.6 Å². The van der Waals surface area contributed by atoms with E-state index in [1.807, 2.05) is 0 Å². The number of methoxy groups -OCH3 is 1. The van der Waals surface area contributed by atoms with Gasteiger partial charge in [-0.3, -0.25) is 25.2 Å². The van der Waals surface area contributed by atoms with Gasteiger partial charge in [-0.15, -0.1) is 0 Å². The molecule has 1 heterocycles. The Labute approximate surface area is 193 Å². The van der Waals surface area contributed by atoms with Crippen LogP contribution in [-0.4, -0.2) is 32.3 Å². The molecule has 1 aromatic heterocycles. The van der Waals surface area contributed by atoms with Crippen molar-refractivity contribution in [3.63, 3.8) is 0 Å². The van der Waals surface area contributed by atoms with Gasteiger partial charge >= 0.3 is 0 Å². The number of sulfonamides is 1. The Morgan fingerprint density at radius 3 is 2.31 bits per heavy atom. The van der Waals surface area contributed by atoms with E-state index in [0.717, 1.165) is 6.07 Å². The van der Waals surface area contributed by atoms with Gasteiger partial charge in [-0.25, -0.2) is 13.4 Å². The number of rotatable bonds is 6. The zero-order valence-electron chi connectivity index (χ0n) is 16.4. The average Bonchev–Trinajstić information content (AvgIpc) is 2.79. The number of carbonyl (C=O) groups is 2. The molecule has 3 N–H and O–H groups in total. The zero-order chi connectivity index (χ0) is 23.3. The third-order valence-corrected chi connectivity index (χ3v) is 5.96. The highest BCUT2D eigenvalue weighted by molar-refractivity contribution is 7.92. The molecular formula is C20H16Cl2N4O5S. The molecule has 0 spiro atoms. The van der Waals surface area contributed by atoms with E-state index in [9.17, 15) is 18.0 Å². The lowest BCUT2D eigenvalue weighted by Gasteiger charge is -2.11. The van der Waals surface area contributed by atoms with E-state index >= 15 is 0 Å². The molecule has 0 atom stereocenters. The summed E-state index contributed by atoms with van der Waals surface area (Å²) in [6, 6.07) is 14.4. The first-order valence-corrected chi connectivity index (χ1v) is 11.1. The van der Waals surface area contributed by atoms with Crippen molar-refractivity contribution in [2.45, 2.75) is 4.90 Å². The molecular weight excluding hydrogens is 479 g/mol. The van der Waals surface area contributed by atoms with Gasteiger partial charge in [-0.1, -0.05) is 29.3 Å². The molecule has 0 unspecified atom stereocenters. The van der Waals surface area contributed by atoms with Crippen molar-refractivity contribution in [2.75, 3.05) is 11.8 Å². The molecule has 3 rings (SSSR count). The number of ether oxygens (including phenoxy) is 1. The van der Waals surface area contributed by atoms with Crippen LogP contribution in [0.5, 0.6) is 5.75 Å². The molecule has 0 radical (unpaired) electrons. The lowest BCUT2D eigenvalue weighted by molar-refractivity contribution is 0.0844. The second-order valence-electron chi connectivity index (χ2n) is 6.23. The fraction of sp³-hybridized carbons (Fsp3) is 0.0500. The van der Waals surface area contributed by atoms with Crippen molar-refractivity contribution in [3.05, 3.63) is 82.1 Å². The number of benzene rings is 2. The molecule has 0 aliphatic carbocycles. The minimum Gasteiger partial charge on any atom is -0.497 e. The predicted molar refractivity (Wildman–Crippen MR) is 119 cm³/mol. The Bertz CT molecular complexity index is 1270. The molecule has 12 heteroatoms. The quantitative estimate of drug-likeness (QED) is 0.356. The number of aromatic nitrogens is 1. The minimum atomic E-state index is -3.97. The number of nitrogens with one attached hydrogen (secondary N) is 3. The molecule has 0 aliphatic heterocycles. The smallest absolute Gasteiger partial charge is 0.289 e. The van der Waals surface area contributed by atoms with Crippen LogP contribution in [0.2, 0.25) is 10.2 Å². The number of amides is 2. The summed E-state index contributed by atoms with van der Waals surface area (Å²) in [5.41, 5.74) is 4.46. The summed E-state index contributed by atoms with van der Waals surface area (Å²) in [7, 11) is -2.48. The molecule has 0 saturated carbocycles. The molecule has 0 aliphatic rings. The number of pyridine rings is 1. The summed E-state index contributed by atoms with van der Waals surface area (Å²) in [6.07, 6.45) is 0. The van der Waals surface area contributed by atoms with E-state index in [-0.39, 0.29) is 26.3 Å². The first-order chi connectivity index (χ1) is 15.2. The Balaban J connectivity index is 1.70. The second-order valence-corrected chi connectivity index (χ2v) is 8.71. The summed E-state index contributed by atoms with van der Waals surface area (Å²) in [4.78, 5) is 28.2. The third-order valence-electron chi connectivity index (χ3n) is 4.07. The van der Waals surface area contributed by atoms with Crippen LogP contribution in [0.1, 0.15) is 20.8 Å². The van der Waals surface area contributed by atoms with Crippen LogP contribution < -0.4 is 20.3 Å². The van der Waals surface area contributed by atoms with E-state index in [1.54, 1.807) is 12.1 Å². The number of hydrazine groups is 1. The van der Waals surface area contributed by atoms with Gasteiger partial charge in [-0.05, 0) is 54.6 Å². The maximum absolute atomic E-state index is 12.7. The van der Waals surface area contributed by atoms with Crippen molar-refractivity contribution >= 4 is 50.7 Å². The lowest BCUT2D eigenvalue weighted by Crippen LogP contribution is -2.42. The molecule has 2 amide bonds. The van der Waals surface area contributed by atoms with Crippen molar-refractivity contribution < 1.29 is 22.7 Å². The van der Waals surface area contributed by atoms with Crippen molar-refractivity contribution in [2.24, 2.45) is 0 Å². The average molecular weight is 495 g/mol. The highest BCUT2D eigenvalue weighted by Gasteiger charge is 2.18. The monoisotopic (exact) mass is 494 g/mol. The summed E-state index contributed by atoms with van der Waals surface area (Å²) in [6.45, 7) is 0. The van der Waals surface area contributed by atoms with Crippen LogP contribution in [0.4, 0.5) is 5.69 Å². The number of hydrogen-bond acceptors (Lipinski definition) is 6. The van der Waals surface area contributed by atoms with Gasteiger partial charge in [0.2, 0.25) is 0 Å². The fourth-order valence-electron chi connectivity index (χ4n) is 2.50. The highest BCUT2D eigenvalue weighted by atomic mass is 35.5. The Morgan fingerprint density at radius 1 is 0.938 bits per heavy atom. The molecule has 2 aromatic carbocycles. The zero-order valence-corrected chi connectivity index (χ0v) is 18.8. The van der Waals surface area contributed by atoms with Crippen LogP contribution in [0, 0.1) is 0 Å².